The van der Waals surface area contributed by atoms with Gasteiger partial charge >= 0.3 is 5.97 Å². The van der Waals surface area contributed by atoms with Gasteiger partial charge in [0.25, 0.3) is 5.91 Å². The third-order valence-electron chi connectivity index (χ3n) is 4.20. The molecule has 31 heavy (non-hydrogen) atoms. The zero-order valence-electron chi connectivity index (χ0n) is 17.0. The van der Waals surface area contributed by atoms with E-state index in [0.29, 0.717) is 23.6 Å². The highest BCUT2D eigenvalue weighted by molar-refractivity contribution is 7.99. The molecule has 5 nitrogen and oxygen atoms in total. The monoisotopic (exact) mass is 455 g/mol. The molecule has 0 saturated heterocycles. The van der Waals surface area contributed by atoms with Gasteiger partial charge in [0.15, 0.2) is 0 Å². The van der Waals surface area contributed by atoms with Crippen molar-refractivity contribution in [2.45, 2.75) is 11.8 Å². The number of halogens is 1. The minimum atomic E-state index is -0.532. The first-order valence-corrected chi connectivity index (χ1v) is 11.1. The summed E-state index contributed by atoms with van der Waals surface area (Å²) in [6, 6.07) is 21.7. The first-order valence-electron chi connectivity index (χ1n) is 9.75. The normalized spacial score (nSPS) is 10.4. The summed E-state index contributed by atoms with van der Waals surface area (Å²) in [5, 5.41) is 3.03. The maximum absolute atomic E-state index is 12.5. The van der Waals surface area contributed by atoms with Crippen molar-refractivity contribution in [3.63, 3.8) is 0 Å². The molecular formula is C24H22ClNO4S. The smallest absolute Gasteiger partial charge is 0.339 e. The molecule has 3 aromatic rings. The van der Waals surface area contributed by atoms with Gasteiger partial charge in [0.2, 0.25) is 0 Å². The van der Waals surface area contributed by atoms with Crippen molar-refractivity contribution in [3.05, 3.63) is 88.9 Å². The Morgan fingerprint density at radius 2 is 1.74 bits per heavy atom. The number of rotatable bonds is 9. The van der Waals surface area contributed by atoms with Crippen LogP contribution in [0.1, 0.15) is 27.6 Å². The predicted octanol–water partition coefficient (Wildman–Crippen LogP) is 5.94. The Morgan fingerprint density at radius 1 is 1.00 bits per heavy atom. The van der Waals surface area contributed by atoms with E-state index in [9.17, 15) is 9.59 Å². The van der Waals surface area contributed by atoms with Gasteiger partial charge in [0.1, 0.15) is 5.75 Å². The fourth-order valence-corrected chi connectivity index (χ4v) is 3.66. The Balaban J connectivity index is 1.53. The minimum absolute atomic E-state index is 0.207. The minimum Gasteiger partial charge on any atom is -0.493 e. The summed E-state index contributed by atoms with van der Waals surface area (Å²) >= 11 is 7.78. The summed E-state index contributed by atoms with van der Waals surface area (Å²) in [7, 11) is 0. The first kappa shape index (κ1) is 22.7. The first-order chi connectivity index (χ1) is 15.1. The van der Waals surface area contributed by atoms with Crippen LogP contribution in [0.4, 0.5) is 5.69 Å². The third kappa shape index (κ3) is 6.77. The summed E-state index contributed by atoms with van der Waals surface area (Å²) in [4.78, 5) is 25.7. The highest BCUT2D eigenvalue weighted by Crippen LogP contribution is 2.23. The molecule has 0 aliphatic carbocycles. The van der Waals surface area contributed by atoms with Crippen LogP contribution in [0.2, 0.25) is 5.02 Å². The zero-order chi connectivity index (χ0) is 22.1. The van der Waals surface area contributed by atoms with Crippen molar-refractivity contribution in [2.24, 2.45) is 0 Å². The number of benzene rings is 3. The van der Waals surface area contributed by atoms with Crippen LogP contribution in [0, 0.1) is 0 Å². The lowest BCUT2D eigenvalue weighted by molar-refractivity contribution is 0.0526. The van der Waals surface area contributed by atoms with E-state index in [2.05, 4.69) is 17.4 Å². The van der Waals surface area contributed by atoms with Crippen LogP contribution in [0.3, 0.4) is 0 Å². The lowest BCUT2D eigenvalue weighted by Gasteiger charge is -2.10. The highest BCUT2D eigenvalue weighted by Gasteiger charge is 2.14. The maximum atomic E-state index is 12.5. The Hall–Kier alpha value is -2.96. The van der Waals surface area contributed by atoms with Crippen LogP contribution in [0.5, 0.6) is 5.75 Å². The number of nitrogens with one attached hydrogen (secondary N) is 1. The van der Waals surface area contributed by atoms with E-state index < -0.39 is 5.97 Å². The summed E-state index contributed by atoms with van der Waals surface area (Å²) in [6.45, 7) is 2.52. The second-order valence-electron chi connectivity index (χ2n) is 6.40. The molecule has 0 aliphatic heterocycles. The van der Waals surface area contributed by atoms with E-state index in [-0.39, 0.29) is 23.1 Å². The van der Waals surface area contributed by atoms with Crippen LogP contribution in [-0.4, -0.2) is 30.8 Å². The molecule has 0 atom stereocenters. The van der Waals surface area contributed by atoms with Crippen molar-refractivity contribution >= 4 is 40.9 Å². The van der Waals surface area contributed by atoms with Crippen LogP contribution in [0.25, 0.3) is 0 Å². The summed E-state index contributed by atoms with van der Waals surface area (Å²) < 4.78 is 10.7. The van der Waals surface area contributed by atoms with E-state index in [0.717, 1.165) is 5.75 Å². The molecule has 0 fully saturated rings. The van der Waals surface area contributed by atoms with Crippen LogP contribution in [-0.2, 0) is 4.74 Å². The van der Waals surface area contributed by atoms with Crippen LogP contribution in [0.15, 0.2) is 77.7 Å². The predicted molar refractivity (Wildman–Crippen MR) is 124 cm³/mol. The number of carbonyl (C=O) groups is 2. The number of hydrogen-bond donors (Lipinski definition) is 1. The number of amides is 1. The van der Waals surface area contributed by atoms with Gasteiger partial charge in [0, 0.05) is 21.9 Å². The molecule has 3 rings (SSSR count). The molecular weight excluding hydrogens is 434 g/mol. The van der Waals surface area contributed by atoms with Gasteiger partial charge in [0.05, 0.1) is 23.8 Å². The molecule has 0 unspecified atom stereocenters. The number of anilines is 1. The molecule has 1 N–H and O–H groups in total. The van der Waals surface area contributed by atoms with Gasteiger partial charge < -0.3 is 14.8 Å². The Morgan fingerprint density at radius 3 is 2.45 bits per heavy atom. The topological polar surface area (TPSA) is 64.6 Å². The Labute approximate surface area is 190 Å². The number of esters is 1. The van der Waals surface area contributed by atoms with Gasteiger partial charge in [-0.1, -0.05) is 29.8 Å². The average Bonchev–Trinajstić information content (AvgIpc) is 2.79. The van der Waals surface area contributed by atoms with Gasteiger partial charge in [-0.15, -0.1) is 11.8 Å². The zero-order valence-corrected chi connectivity index (χ0v) is 18.5. The van der Waals surface area contributed by atoms with Crippen LogP contribution >= 0.6 is 23.4 Å². The number of ether oxygens (including phenoxy) is 2. The van der Waals surface area contributed by atoms with E-state index in [1.54, 1.807) is 55.1 Å². The standard InChI is InChI=1S/C24H22ClNO4S/c1-2-29-24(28)21-16-18(10-13-22(21)25)26-23(27)17-8-11-19(12-9-17)30-14-15-31-20-6-4-3-5-7-20/h3-13,16H,2,14-15H2,1H3,(H,26,27). The molecule has 1 amide bonds. The van der Waals surface area contributed by atoms with E-state index in [1.807, 2.05) is 18.2 Å². The van der Waals surface area contributed by atoms with Crippen molar-refractivity contribution in [1.82, 2.24) is 0 Å². The van der Waals surface area contributed by atoms with Crippen LogP contribution < -0.4 is 10.1 Å². The van der Waals surface area contributed by atoms with E-state index in [4.69, 9.17) is 21.1 Å². The van der Waals surface area contributed by atoms with E-state index in [1.165, 1.54) is 11.0 Å². The molecule has 160 valence electrons. The third-order valence-corrected chi connectivity index (χ3v) is 5.51. The van der Waals surface area contributed by atoms with E-state index >= 15 is 0 Å². The lowest BCUT2D eigenvalue weighted by Crippen LogP contribution is -2.13. The molecule has 0 bridgehead atoms. The van der Waals surface area contributed by atoms with Gasteiger partial charge in [-0.25, -0.2) is 4.79 Å². The van der Waals surface area contributed by atoms with Gasteiger partial charge in [-0.3, -0.25) is 4.79 Å². The summed E-state index contributed by atoms with van der Waals surface area (Å²) in [6.07, 6.45) is 0. The van der Waals surface area contributed by atoms with Gasteiger partial charge in [-0.2, -0.15) is 0 Å². The molecule has 0 saturated carbocycles. The Bertz CT molecular complexity index is 1030. The molecule has 0 aromatic heterocycles. The highest BCUT2D eigenvalue weighted by atomic mass is 35.5. The number of carbonyl (C=O) groups excluding carboxylic acids is 2. The number of thioether (sulfide) groups is 1. The molecule has 0 radical (unpaired) electrons. The molecule has 0 aliphatic rings. The fraction of sp³-hybridized carbons (Fsp3) is 0.167. The molecule has 7 heteroatoms. The van der Waals surface area contributed by atoms with Crippen molar-refractivity contribution in [3.8, 4) is 5.75 Å². The SMILES string of the molecule is CCOC(=O)c1cc(NC(=O)c2ccc(OCCSc3ccccc3)cc2)ccc1Cl. The van der Waals surface area contributed by atoms with Crippen molar-refractivity contribution < 1.29 is 19.1 Å². The molecule has 3 aromatic carbocycles. The molecule has 0 heterocycles. The molecule has 0 spiro atoms. The Kier molecular flexibility index (Phi) is 8.38. The maximum Gasteiger partial charge on any atom is 0.339 e. The van der Waals surface area contributed by atoms with Crippen molar-refractivity contribution in [1.29, 1.82) is 0 Å². The summed E-state index contributed by atoms with van der Waals surface area (Å²) in [5.74, 6) is 0.686. The average molecular weight is 456 g/mol. The summed E-state index contributed by atoms with van der Waals surface area (Å²) in [5.41, 5.74) is 1.13. The lowest BCUT2D eigenvalue weighted by atomic mass is 10.1. The second-order valence-corrected chi connectivity index (χ2v) is 7.98. The van der Waals surface area contributed by atoms with Gasteiger partial charge in [-0.05, 0) is 61.5 Å². The largest absolute Gasteiger partial charge is 0.493 e. The second kappa shape index (κ2) is 11.4. The quantitative estimate of drug-likeness (QED) is 0.246. The van der Waals surface area contributed by atoms with Crippen molar-refractivity contribution in [2.75, 3.05) is 24.3 Å². The number of hydrogen-bond acceptors (Lipinski definition) is 5. The fourth-order valence-electron chi connectivity index (χ4n) is 2.71.